The summed E-state index contributed by atoms with van der Waals surface area (Å²) in [5, 5.41) is 21.5. The molecule has 1 unspecified atom stereocenters. The lowest BCUT2D eigenvalue weighted by atomic mass is 9.92. The van der Waals surface area contributed by atoms with Crippen LogP contribution in [0.15, 0.2) is 60.7 Å². The topological polar surface area (TPSA) is 170 Å². The number of rotatable bonds is 14. The van der Waals surface area contributed by atoms with Gasteiger partial charge in [0.2, 0.25) is 11.8 Å². The first-order valence-electron chi connectivity index (χ1n) is 17.8. The van der Waals surface area contributed by atoms with E-state index in [9.17, 15) is 24.0 Å². The van der Waals surface area contributed by atoms with Gasteiger partial charge in [0.1, 0.15) is 17.9 Å². The van der Waals surface area contributed by atoms with Crippen molar-refractivity contribution in [3.05, 3.63) is 87.9 Å². The number of carbonyl (C=O) groups is 5. The second kappa shape index (κ2) is 16.7. The van der Waals surface area contributed by atoms with E-state index in [1.807, 2.05) is 30.3 Å². The van der Waals surface area contributed by atoms with Gasteiger partial charge in [-0.2, -0.15) is 5.26 Å². The second-order valence-electron chi connectivity index (χ2n) is 13.4. The molecule has 3 aromatic carbocycles. The molecule has 0 spiro atoms. The number of anilines is 2. The van der Waals surface area contributed by atoms with Gasteiger partial charge in [0.25, 0.3) is 17.7 Å². The summed E-state index contributed by atoms with van der Waals surface area (Å²) in [6.45, 7) is 1.52. The number of fused-ring (bicyclic) bond motifs is 1. The van der Waals surface area contributed by atoms with E-state index in [0.29, 0.717) is 28.4 Å². The van der Waals surface area contributed by atoms with Gasteiger partial charge >= 0.3 is 0 Å². The van der Waals surface area contributed by atoms with Crippen molar-refractivity contribution in [2.24, 2.45) is 0 Å². The van der Waals surface area contributed by atoms with E-state index < -0.39 is 29.7 Å². The van der Waals surface area contributed by atoms with Crippen LogP contribution in [0.25, 0.3) is 0 Å². The zero-order chi connectivity index (χ0) is 36.6. The molecule has 0 aromatic heterocycles. The highest BCUT2D eigenvalue weighted by molar-refractivity contribution is 6.31. The number of nitrogens with zero attached hydrogens (tertiary/aromatic N) is 2. The minimum atomic E-state index is -0.977. The standard InChI is InChI=1S/C39H41ClN6O6/c40-33-22-30(13-7-25(33)23-41)52-29-14-10-27(11-15-29)44-36(48)24-5-8-26(9-6-24)42-19-3-1-2-4-20-43-28-12-16-31-32(21-28)39(51)46(38(31)50)34-17-18-35(47)45-37(34)49/h5-9,12-13,16,21-22,27,29,34,42-43H,1-4,10-11,14-15,17-20H2,(H,44,48)(H,45,47,49)/t27-,29-,34?. The molecule has 6 rings (SSSR count). The molecule has 2 fully saturated rings. The van der Waals surface area contributed by atoms with Crippen LogP contribution in [0, 0.1) is 11.3 Å². The summed E-state index contributed by atoms with van der Waals surface area (Å²) in [7, 11) is 0. The number of unbranched alkanes of at least 4 members (excludes halogenated alkanes) is 3. The van der Waals surface area contributed by atoms with Crippen LogP contribution in [0.5, 0.6) is 5.75 Å². The first-order valence-corrected chi connectivity index (χ1v) is 18.2. The molecule has 52 heavy (non-hydrogen) atoms. The number of piperidine rings is 1. The Balaban J connectivity index is 0.838. The minimum absolute atomic E-state index is 0.0414. The fourth-order valence-electron chi connectivity index (χ4n) is 6.84. The lowest BCUT2D eigenvalue weighted by Crippen LogP contribution is -2.54. The number of carbonyl (C=O) groups excluding carboxylic acids is 5. The molecule has 3 aromatic rings. The summed E-state index contributed by atoms with van der Waals surface area (Å²) >= 11 is 6.12. The summed E-state index contributed by atoms with van der Waals surface area (Å²) in [6, 6.07) is 18.8. The van der Waals surface area contributed by atoms with Crippen LogP contribution in [0.3, 0.4) is 0 Å². The van der Waals surface area contributed by atoms with E-state index in [4.69, 9.17) is 21.6 Å². The molecule has 1 atom stereocenters. The van der Waals surface area contributed by atoms with E-state index in [2.05, 4.69) is 21.3 Å². The summed E-state index contributed by atoms with van der Waals surface area (Å²) < 4.78 is 6.06. The highest BCUT2D eigenvalue weighted by Crippen LogP contribution is 2.30. The molecule has 270 valence electrons. The first kappa shape index (κ1) is 36.4. The van der Waals surface area contributed by atoms with Crippen LogP contribution in [0.1, 0.15) is 101 Å². The van der Waals surface area contributed by atoms with Crippen LogP contribution in [-0.4, -0.2) is 65.7 Å². The van der Waals surface area contributed by atoms with Crippen LogP contribution in [0.2, 0.25) is 5.02 Å². The Labute approximate surface area is 307 Å². The largest absolute Gasteiger partial charge is 0.490 e. The lowest BCUT2D eigenvalue weighted by molar-refractivity contribution is -0.136. The normalized spacial score (nSPS) is 19.8. The number of halogens is 1. The number of amides is 5. The molecule has 4 N–H and O–H groups in total. The van der Waals surface area contributed by atoms with E-state index in [0.717, 1.165) is 74.2 Å². The molecule has 5 amide bonds. The quantitative estimate of drug-likeness (QED) is 0.118. The molecule has 2 heterocycles. The van der Waals surface area contributed by atoms with Gasteiger partial charge in [-0.3, -0.25) is 34.2 Å². The smallest absolute Gasteiger partial charge is 0.262 e. The lowest BCUT2D eigenvalue weighted by Gasteiger charge is -2.29. The average Bonchev–Trinajstić information content (AvgIpc) is 3.38. The van der Waals surface area contributed by atoms with E-state index >= 15 is 0 Å². The number of hydrogen-bond acceptors (Lipinski definition) is 9. The van der Waals surface area contributed by atoms with Crippen LogP contribution >= 0.6 is 11.6 Å². The molecular formula is C39H41ClN6O6. The third-order valence-corrected chi connectivity index (χ3v) is 10.0. The van der Waals surface area contributed by atoms with Crippen molar-refractivity contribution >= 4 is 52.5 Å². The van der Waals surface area contributed by atoms with Crippen LogP contribution in [0.4, 0.5) is 11.4 Å². The van der Waals surface area contributed by atoms with Gasteiger partial charge in [-0.15, -0.1) is 0 Å². The molecule has 1 saturated carbocycles. The van der Waals surface area contributed by atoms with Gasteiger partial charge in [0.05, 0.1) is 27.8 Å². The molecule has 3 aliphatic rings. The third kappa shape index (κ3) is 8.72. The summed E-state index contributed by atoms with van der Waals surface area (Å²) in [5.74, 6) is -1.49. The number of benzene rings is 3. The predicted molar refractivity (Wildman–Crippen MR) is 195 cm³/mol. The number of nitrogens with one attached hydrogen (secondary N) is 4. The van der Waals surface area contributed by atoms with E-state index in [1.54, 1.807) is 36.4 Å². The Morgan fingerprint density at radius 1 is 0.827 bits per heavy atom. The van der Waals surface area contributed by atoms with E-state index in [1.165, 1.54) is 0 Å². The average molecular weight is 725 g/mol. The van der Waals surface area contributed by atoms with Crippen molar-refractivity contribution in [1.29, 1.82) is 5.26 Å². The summed E-state index contributed by atoms with van der Waals surface area (Å²) in [5.41, 5.74) is 3.25. The first-order chi connectivity index (χ1) is 25.2. The number of ether oxygens (including phenoxy) is 1. The molecule has 2 aliphatic heterocycles. The van der Waals surface area contributed by atoms with Crippen LogP contribution in [-0.2, 0) is 9.59 Å². The molecule has 1 aliphatic carbocycles. The Morgan fingerprint density at radius 3 is 2.17 bits per heavy atom. The van der Waals surface area contributed by atoms with Crippen molar-refractivity contribution < 1.29 is 28.7 Å². The fraction of sp³-hybridized carbons (Fsp3) is 0.385. The Kier molecular flexibility index (Phi) is 11.7. The summed E-state index contributed by atoms with van der Waals surface area (Å²) in [4.78, 5) is 63.5. The van der Waals surface area contributed by atoms with Gasteiger partial charge < -0.3 is 20.7 Å². The molecule has 12 nitrogen and oxygen atoms in total. The number of hydrogen-bond donors (Lipinski definition) is 4. The third-order valence-electron chi connectivity index (χ3n) is 9.72. The fourth-order valence-corrected chi connectivity index (χ4v) is 7.05. The van der Waals surface area contributed by atoms with E-state index in [-0.39, 0.29) is 42.0 Å². The maximum atomic E-state index is 13.0. The van der Waals surface area contributed by atoms with Crippen LogP contribution < -0.4 is 26.0 Å². The van der Waals surface area contributed by atoms with Gasteiger partial charge in [-0.25, -0.2) is 0 Å². The van der Waals surface area contributed by atoms with Gasteiger partial charge in [0, 0.05) is 48.6 Å². The maximum Gasteiger partial charge on any atom is 0.262 e. The Hall–Kier alpha value is -5.41. The maximum absolute atomic E-state index is 13.0. The van der Waals surface area contributed by atoms with Crippen molar-refractivity contribution in [3.63, 3.8) is 0 Å². The Bertz CT molecular complexity index is 1880. The van der Waals surface area contributed by atoms with Gasteiger partial charge in [-0.1, -0.05) is 24.4 Å². The predicted octanol–water partition coefficient (Wildman–Crippen LogP) is 5.82. The SMILES string of the molecule is N#Cc1ccc(O[C@H]2CC[C@H](NC(=O)c3ccc(NCCCCCCNc4ccc5c(c4)C(=O)N(C4CCC(=O)NC4=O)C5=O)cc3)CC2)cc1Cl. The minimum Gasteiger partial charge on any atom is -0.490 e. The monoisotopic (exact) mass is 724 g/mol. The highest BCUT2D eigenvalue weighted by Gasteiger charge is 2.44. The van der Waals surface area contributed by atoms with Crippen molar-refractivity contribution in [1.82, 2.24) is 15.5 Å². The molecule has 0 radical (unpaired) electrons. The Morgan fingerprint density at radius 2 is 1.50 bits per heavy atom. The molecular weight excluding hydrogens is 684 g/mol. The molecule has 13 heteroatoms. The zero-order valence-electron chi connectivity index (χ0n) is 28.7. The van der Waals surface area contributed by atoms with Crippen molar-refractivity contribution in [2.45, 2.75) is 82.4 Å². The number of imide groups is 2. The van der Waals surface area contributed by atoms with Crippen molar-refractivity contribution in [2.75, 3.05) is 23.7 Å². The second-order valence-corrected chi connectivity index (χ2v) is 13.8. The zero-order valence-corrected chi connectivity index (χ0v) is 29.5. The highest BCUT2D eigenvalue weighted by atomic mass is 35.5. The molecule has 0 bridgehead atoms. The number of nitriles is 1. The molecule has 1 saturated heterocycles. The summed E-state index contributed by atoms with van der Waals surface area (Å²) in [6.07, 6.45) is 7.48. The van der Waals surface area contributed by atoms with Crippen molar-refractivity contribution in [3.8, 4) is 11.8 Å². The van der Waals surface area contributed by atoms with Gasteiger partial charge in [-0.05, 0) is 99.5 Å². The van der Waals surface area contributed by atoms with Gasteiger partial charge in [0.15, 0.2) is 0 Å².